The summed E-state index contributed by atoms with van der Waals surface area (Å²) in [5.74, 6) is -0.430. The highest BCUT2D eigenvalue weighted by Crippen LogP contribution is 2.44. The van der Waals surface area contributed by atoms with E-state index in [2.05, 4.69) is 0 Å². The summed E-state index contributed by atoms with van der Waals surface area (Å²) in [4.78, 5) is 0. The van der Waals surface area contributed by atoms with Gasteiger partial charge in [0.25, 0.3) is 0 Å². The summed E-state index contributed by atoms with van der Waals surface area (Å²) in [5.41, 5.74) is 0.683. The van der Waals surface area contributed by atoms with Gasteiger partial charge in [0.15, 0.2) is 0 Å². The first-order chi connectivity index (χ1) is 18.9. The second-order valence-corrected chi connectivity index (χ2v) is 9.90. The van der Waals surface area contributed by atoms with Gasteiger partial charge in [-0.05, 0) is 49.2 Å². The van der Waals surface area contributed by atoms with Gasteiger partial charge in [0.1, 0.15) is 71.8 Å². The fraction of sp³-hybridized carbons (Fsp3) is 0.538. The maximum absolute atomic E-state index is 10.8. The van der Waals surface area contributed by atoms with Crippen LogP contribution in [0.3, 0.4) is 0 Å². The van der Waals surface area contributed by atoms with Crippen LogP contribution < -0.4 is 9.47 Å². The van der Waals surface area contributed by atoms with E-state index in [1.165, 1.54) is 38.1 Å². The SMILES string of the molecule is Cc1cc(O[C@H]2O[C@H](CO)[C@H](O)[C@@H](O)[C@H]2O)cc(-c2cc(O[C@H]3O[C@@H](CO)[C@@H](O)[C@H](O)[C@H]3O)cc(C)c2O)c1O. The number of aromatic hydroxyl groups is 2. The van der Waals surface area contributed by atoms with Crippen LogP contribution in [0.15, 0.2) is 24.3 Å². The molecule has 14 nitrogen and oxygen atoms in total. The average molecular weight is 571 g/mol. The molecule has 0 radical (unpaired) electrons. The van der Waals surface area contributed by atoms with E-state index in [1.54, 1.807) is 0 Å². The number of aliphatic hydroxyl groups is 8. The number of rotatable bonds is 7. The number of hydrogen-bond donors (Lipinski definition) is 10. The zero-order valence-electron chi connectivity index (χ0n) is 21.6. The monoisotopic (exact) mass is 570 g/mol. The third kappa shape index (κ3) is 5.69. The van der Waals surface area contributed by atoms with Gasteiger partial charge in [-0.1, -0.05) is 0 Å². The first-order valence-corrected chi connectivity index (χ1v) is 12.5. The molecule has 2 saturated heterocycles. The number of phenolic OH excluding ortho intramolecular Hbond substituents is 2. The Bertz CT molecular complexity index is 1090. The lowest BCUT2D eigenvalue weighted by Crippen LogP contribution is -2.60. The fourth-order valence-electron chi connectivity index (χ4n) is 4.64. The Morgan fingerprint density at radius 3 is 1.25 bits per heavy atom. The number of phenols is 2. The van der Waals surface area contributed by atoms with E-state index in [4.69, 9.17) is 18.9 Å². The first kappa shape index (κ1) is 30.2. The molecule has 4 rings (SSSR count). The molecule has 0 aromatic heterocycles. The molecule has 0 unspecified atom stereocenters. The Kier molecular flexibility index (Phi) is 9.06. The summed E-state index contributed by atoms with van der Waals surface area (Å²) in [7, 11) is 0. The van der Waals surface area contributed by atoms with Gasteiger partial charge in [-0.25, -0.2) is 0 Å². The molecule has 2 fully saturated rings. The Hall–Kier alpha value is -2.76. The van der Waals surface area contributed by atoms with E-state index < -0.39 is 74.6 Å². The van der Waals surface area contributed by atoms with Gasteiger partial charge in [0.05, 0.1) is 13.2 Å². The van der Waals surface area contributed by atoms with Gasteiger partial charge in [0.2, 0.25) is 12.6 Å². The molecule has 0 saturated carbocycles. The molecule has 222 valence electrons. The lowest BCUT2D eigenvalue weighted by atomic mass is 9.97. The number of aryl methyl sites for hydroxylation is 2. The van der Waals surface area contributed by atoms with Crippen molar-refractivity contribution >= 4 is 0 Å². The van der Waals surface area contributed by atoms with E-state index in [-0.39, 0.29) is 45.3 Å². The number of hydrogen-bond acceptors (Lipinski definition) is 14. The topological polar surface area (TPSA) is 239 Å². The minimum absolute atomic E-state index is 0.0342. The van der Waals surface area contributed by atoms with Gasteiger partial charge in [-0.2, -0.15) is 0 Å². The highest BCUT2D eigenvalue weighted by Gasteiger charge is 2.46. The lowest BCUT2D eigenvalue weighted by Gasteiger charge is -2.39. The highest BCUT2D eigenvalue weighted by atomic mass is 16.7. The van der Waals surface area contributed by atoms with Crippen LogP contribution in [0.25, 0.3) is 11.1 Å². The molecule has 0 spiro atoms. The molecule has 2 aliphatic rings. The zero-order chi connectivity index (χ0) is 29.5. The summed E-state index contributed by atoms with van der Waals surface area (Å²) in [6, 6.07) is 5.43. The Morgan fingerprint density at radius 2 is 0.925 bits per heavy atom. The van der Waals surface area contributed by atoms with Crippen LogP contribution in [-0.2, 0) is 9.47 Å². The minimum Gasteiger partial charge on any atom is -0.507 e. The van der Waals surface area contributed by atoms with Crippen LogP contribution in [0.5, 0.6) is 23.0 Å². The second-order valence-electron chi connectivity index (χ2n) is 9.90. The van der Waals surface area contributed by atoms with Gasteiger partial charge >= 0.3 is 0 Å². The predicted octanol–water partition coefficient (Wildman–Crippen LogP) is -2.26. The van der Waals surface area contributed by atoms with E-state index in [1.807, 2.05) is 0 Å². The first-order valence-electron chi connectivity index (χ1n) is 12.5. The molecule has 10 atom stereocenters. The molecule has 2 aromatic rings. The molecule has 2 aromatic carbocycles. The minimum atomic E-state index is -1.68. The van der Waals surface area contributed by atoms with E-state index in [0.717, 1.165) is 0 Å². The van der Waals surface area contributed by atoms with Crippen molar-refractivity contribution in [2.75, 3.05) is 13.2 Å². The van der Waals surface area contributed by atoms with E-state index >= 15 is 0 Å². The van der Waals surface area contributed by atoms with E-state index in [0.29, 0.717) is 0 Å². The average Bonchev–Trinajstić information content (AvgIpc) is 2.93. The number of benzene rings is 2. The molecule has 40 heavy (non-hydrogen) atoms. The lowest BCUT2D eigenvalue weighted by molar-refractivity contribution is -0.277. The second kappa shape index (κ2) is 12.0. The van der Waals surface area contributed by atoms with Gasteiger partial charge in [0, 0.05) is 11.1 Å². The molecule has 0 aliphatic carbocycles. The van der Waals surface area contributed by atoms with Crippen LogP contribution in [-0.4, -0.2) is 126 Å². The third-order valence-electron chi connectivity index (χ3n) is 7.04. The maximum atomic E-state index is 10.8. The summed E-state index contributed by atoms with van der Waals surface area (Å²) in [6.07, 6.45) is -15.3. The van der Waals surface area contributed by atoms with Crippen LogP contribution in [0.2, 0.25) is 0 Å². The largest absolute Gasteiger partial charge is 0.507 e. The predicted molar refractivity (Wildman–Crippen MR) is 133 cm³/mol. The highest BCUT2D eigenvalue weighted by molar-refractivity contribution is 5.80. The Morgan fingerprint density at radius 1 is 0.575 bits per heavy atom. The van der Waals surface area contributed by atoms with Crippen LogP contribution in [0.1, 0.15) is 11.1 Å². The Labute approximate surface area is 228 Å². The summed E-state index contributed by atoms with van der Waals surface area (Å²) < 4.78 is 22.1. The molecular formula is C26H34O14. The normalized spacial score (nSPS) is 34.5. The number of aliphatic hydroxyl groups excluding tert-OH is 8. The third-order valence-corrected chi connectivity index (χ3v) is 7.04. The van der Waals surface area contributed by atoms with Crippen molar-refractivity contribution in [1.82, 2.24) is 0 Å². The molecule has 0 amide bonds. The quantitative estimate of drug-likeness (QED) is 0.169. The van der Waals surface area contributed by atoms with Crippen molar-refractivity contribution in [3.8, 4) is 34.1 Å². The van der Waals surface area contributed by atoms with Crippen molar-refractivity contribution in [3.63, 3.8) is 0 Å². The van der Waals surface area contributed by atoms with Crippen molar-refractivity contribution in [2.24, 2.45) is 0 Å². The summed E-state index contributed by atoms with van der Waals surface area (Å²) in [5, 5.41) is 101. The van der Waals surface area contributed by atoms with Crippen molar-refractivity contribution in [2.45, 2.75) is 75.3 Å². The number of ether oxygens (including phenoxy) is 4. The summed E-state index contributed by atoms with van der Waals surface area (Å²) in [6.45, 7) is 1.77. The van der Waals surface area contributed by atoms with E-state index in [9.17, 15) is 51.1 Å². The van der Waals surface area contributed by atoms with Gasteiger partial charge in [-0.15, -0.1) is 0 Å². The zero-order valence-corrected chi connectivity index (χ0v) is 21.6. The molecule has 2 heterocycles. The fourth-order valence-corrected chi connectivity index (χ4v) is 4.64. The van der Waals surface area contributed by atoms with Gasteiger partial charge in [-0.3, -0.25) is 0 Å². The molecule has 2 aliphatic heterocycles. The summed E-state index contributed by atoms with van der Waals surface area (Å²) >= 11 is 0. The van der Waals surface area contributed by atoms with Crippen molar-refractivity contribution < 1.29 is 70.0 Å². The van der Waals surface area contributed by atoms with Crippen molar-refractivity contribution in [3.05, 3.63) is 35.4 Å². The smallest absolute Gasteiger partial charge is 0.229 e. The maximum Gasteiger partial charge on any atom is 0.229 e. The molecule has 10 N–H and O–H groups in total. The molecule has 0 bridgehead atoms. The van der Waals surface area contributed by atoms with Crippen LogP contribution >= 0.6 is 0 Å². The Balaban J connectivity index is 1.66. The molecule has 14 heteroatoms. The standard InChI is InChI=1S/C26H34O14/c1-9-3-11(37-25-23(35)21(33)19(31)15(7-27)39-25)5-13(17(9)29)14-6-12(4-10(2)18(14)30)38-26-24(36)22(34)20(32)16(8-28)40-26/h3-6,15-16,19-36H,7-8H2,1-2H3/t15-,16+,19+,20-,21-,22+,23-,24-,25+,26+/m1/s1. The van der Waals surface area contributed by atoms with Gasteiger partial charge < -0.3 is 70.0 Å². The molecular weight excluding hydrogens is 536 g/mol. The van der Waals surface area contributed by atoms with Crippen LogP contribution in [0.4, 0.5) is 0 Å². The van der Waals surface area contributed by atoms with Crippen LogP contribution in [0, 0.1) is 13.8 Å². The van der Waals surface area contributed by atoms with Crippen molar-refractivity contribution in [1.29, 1.82) is 0 Å².